The Morgan fingerprint density at radius 3 is 2.33 bits per heavy atom. The van der Waals surface area contributed by atoms with Crippen LogP contribution < -0.4 is 14.4 Å². The average molecular weight is 507 g/mol. The molecular weight excluding hydrogens is 483 g/mol. The second-order valence-electron chi connectivity index (χ2n) is 7.45. The molecule has 1 N–H and O–H groups in total. The lowest BCUT2D eigenvalue weighted by Gasteiger charge is -2.25. The number of rotatable bonds is 8. The topological polar surface area (TPSA) is 75.7 Å². The molecule has 0 saturated carbocycles. The molecule has 0 aliphatic carbocycles. The molecule has 1 atom stereocenters. The Kier molecular flexibility index (Phi) is 7.89. The zero-order valence-electron chi connectivity index (χ0n) is 18.4. The van der Waals surface area contributed by atoms with Crippen molar-refractivity contribution in [2.24, 2.45) is 0 Å². The van der Waals surface area contributed by atoms with Crippen molar-refractivity contribution in [2.75, 3.05) is 18.0 Å². The van der Waals surface area contributed by atoms with Gasteiger partial charge >= 0.3 is 0 Å². The molecule has 0 saturated heterocycles. The number of para-hydroxylation sites is 1. The number of carbonyl (C=O) groups excluding carboxylic acids is 1. The molecule has 0 aliphatic heterocycles. The number of halogens is 2. The van der Waals surface area contributed by atoms with E-state index in [9.17, 15) is 13.2 Å². The van der Waals surface area contributed by atoms with Crippen LogP contribution in [0.5, 0.6) is 5.75 Å². The van der Waals surface area contributed by atoms with Gasteiger partial charge in [-0.25, -0.2) is 8.42 Å². The summed E-state index contributed by atoms with van der Waals surface area (Å²) in [4.78, 5) is 13.0. The standard InChI is InChI=1S/C24H24Cl2N2O4S/c1-16-8-11-19(12-9-16)33(30,31)28(18-10-13-21(25)22(26)14-18)15-24(29)27-17(2)20-6-4-5-7-23(20)32-3/h4-14,17H,15H2,1-3H3,(H,27,29). The summed E-state index contributed by atoms with van der Waals surface area (Å²) in [6, 6.07) is 17.7. The Morgan fingerprint density at radius 1 is 1.03 bits per heavy atom. The first kappa shape index (κ1) is 24.9. The molecule has 0 aliphatic rings. The van der Waals surface area contributed by atoms with Crippen LogP contribution in [0.1, 0.15) is 24.1 Å². The van der Waals surface area contributed by atoms with Gasteiger partial charge in [-0.05, 0) is 50.2 Å². The van der Waals surface area contributed by atoms with Gasteiger partial charge in [-0.2, -0.15) is 0 Å². The van der Waals surface area contributed by atoms with E-state index in [1.54, 1.807) is 32.2 Å². The number of ether oxygens (including phenoxy) is 1. The third-order valence-electron chi connectivity index (χ3n) is 5.07. The number of carbonyl (C=O) groups is 1. The Bertz CT molecular complexity index is 1250. The summed E-state index contributed by atoms with van der Waals surface area (Å²) in [5.41, 5.74) is 1.92. The molecule has 1 amide bonds. The van der Waals surface area contributed by atoms with Gasteiger partial charge in [0.1, 0.15) is 12.3 Å². The van der Waals surface area contributed by atoms with Gasteiger partial charge in [0.15, 0.2) is 0 Å². The van der Waals surface area contributed by atoms with Crippen LogP contribution in [-0.2, 0) is 14.8 Å². The summed E-state index contributed by atoms with van der Waals surface area (Å²) in [5.74, 6) is 0.133. The highest BCUT2D eigenvalue weighted by Gasteiger charge is 2.28. The van der Waals surface area contributed by atoms with E-state index in [1.165, 1.54) is 30.3 Å². The van der Waals surface area contributed by atoms with Crippen LogP contribution in [0, 0.1) is 6.92 Å². The van der Waals surface area contributed by atoms with Crippen LogP contribution in [0.2, 0.25) is 10.0 Å². The highest BCUT2D eigenvalue weighted by molar-refractivity contribution is 7.92. The Morgan fingerprint density at radius 2 is 1.70 bits per heavy atom. The minimum atomic E-state index is -4.06. The largest absolute Gasteiger partial charge is 0.496 e. The van der Waals surface area contributed by atoms with Gasteiger partial charge < -0.3 is 10.1 Å². The van der Waals surface area contributed by atoms with Gasteiger partial charge in [0, 0.05) is 5.56 Å². The normalized spacial score (nSPS) is 12.2. The predicted octanol–water partition coefficient (Wildman–Crippen LogP) is 5.38. The number of hydrogen-bond acceptors (Lipinski definition) is 4. The maximum Gasteiger partial charge on any atom is 0.264 e. The molecule has 9 heteroatoms. The summed E-state index contributed by atoms with van der Waals surface area (Å²) >= 11 is 12.2. The van der Waals surface area contributed by atoms with Crippen LogP contribution >= 0.6 is 23.2 Å². The third-order valence-corrected chi connectivity index (χ3v) is 7.60. The van der Waals surface area contributed by atoms with Crippen molar-refractivity contribution in [1.29, 1.82) is 0 Å². The molecule has 33 heavy (non-hydrogen) atoms. The van der Waals surface area contributed by atoms with E-state index in [4.69, 9.17) is 27.9 Å². The van der Waals surface area contributed by atoms with E-state index in [2.05, 4.69) is 5.32 Å². The number of nitrogens with zero attached hydrogens (tertiary/aromatic N) is 1. The number of benzene rings is 3. The molecule has 0 fully saturated rings. The van der Waals surface area contributed by atoms with Crippen molar-refractivity contribution in [2.45, 2.75) is 24.8 Å². The molecule has 0 heterocycles. The Hall–Kier alpha value is -2.74. The molecule has 3 aromatic rings. The van der Waals surface area contributed by atoms with Crippen LogP contribution in [0.15, 0.2) is 71.6 Å². The van der Waals surface area contributed by atoms with Gasteiger partial charge in [0.05, 0.1) is 33.8 Å². The van der Waals surface area contributed by atoms with Crippen molar-refractivity contribution in [3.05, 3.63) is 87.9 Å². The third kappa shape index (κ3) is 5.79. The molecule has 6 nitrogen and oxygen atoms in total. The monoisotopic (exact) mass is 506 g/mol. The number of anilines is 1. The van der Waals surface area contributed by atoms with Crippen LogP contribution in [-0.4, -0.2) is 28.0 Å². The van der Waals surface area contributed by atoms with Gasteiger partial charge in [-0.3, -0.25) is 9.10 Å². The van der Waals surface area contributed by atoms with Crippen LogP contribution in [0.4, 0.5) is 5.69 Å². The predicted molar refractivity (Wildman–Crippen MR) is 132 cm³/mol. The molecule has 0 radical (unpaired) electrons. The first-order chi connectivity index (χ1) is 15.6. The molecule has 1 unspecified atom stereocenters. The SMILES string of the molecule is COc1ccccc1C(C)NC(=O)CN(c1ccc(Cl)c(Cl)c1)S(=O)(=O)c1ccc(C)cc1. The lowest BCUT2D eigenvalue weighted by molar-refractivity contribution is -0.120. The summed E-state index contributed by atoms with van der Waals surface area (Å²) in [6.07, 6.45) is 0. The summed E-state index contributed by atoms with van der Waals surface area (Å²) in [6.45, 7) is 3.21. The van der Waals surface area contributed by atoms with E-state index in [0.29, 0.717) is 5.75 Å². The molecule has 0 aromatic heterocycles. The van der Waals surface area contributed by atoms with E-state index in [-0.39, 0.29) is 20.6 Å². The number of methoxy groups -OCH3 is 1. The van der Waals surface area contributed by atoms with E-state index >= 15 is 0 Å². The highest BCUT2D eigenvalue weighted by atomic mass is 35.5. The number of nitrogens with one attached hydrogen (secondary N) is 1. The van der Waals surface area contributed by atoms with Crippen molar-refractivity contribution >= 4 is 44.8 Å². The first-order valence-electron chi connectivity index (χ1n) is 10.1. The van der Waals surface area contributed by atoms with E-state index < -0.39 is 28.5 Å². The van der Waals surface area contributed by atoms with Crippen molar-refractivity contribution in [3.63, 3.8) is 0 Å². The smallest absolute Gasteiger partial charge is 0.264 e. The summed E-state index contributed by atoms with van der Waals surface area (Å²) in [5, 5.41) is 3.31. The molecule has 0 bridgehead atoms. The molecule has 3 aromatic carbocycles. The second-order valence-corrected chi connectivity index (χ2v) is 10.1. The molecule has 174 valence electrons. The van der Waals surface area contributed by atoms with Gasteiger partial charge in [-0.15, -0.1) is 0 Å². The van der Waals surface area contributed by atoms with Gasteiger partial charge in [0.2, 0.25) is 5.91 Å². The minimum absolute atomic E-state index is 0.0600. The Labute approximate surface area is 204 Å². The maximum absolute atomic E-state index is 13.5. The highest BCUT2D eigenvalue weighted by Crippen LogP contribution is 2.31. The zero-order valence-corrected chi connectivity index (χ0v) is 20.7. The number of amides is 1. The summed E-state index contributed by atoms with van der Waals surface area (Å²) in [7, 11) is -2.51. The lowest BCUT2D eigenvalue weighted by Crippen LogP contribution is -2.41. The number of hydrogen-bond donors (Lipinski definition) is 1. The number of aryl methyl sites for hydroxylation is 1. The molecule has 0 spiro atoms. The first-order valence-corrected chi connectivity index (χ1v) is 12.3. The fourth-order valence-corrected chi connectivity index (χ4v) is 5.02. The van der Waals surface area contributed by atoms with Crippen LogP contribution in [0.25, 0.3) is 0 Å². The second kappa shape index (κ2) is 10.5. The van der Waals surface area contributed by atoms with Crippen LogP contribution in [0.3, 0.4) is 0 Å². The van der Waals surface area contributed by atoms with Crippen molar-refractivity contribution in [3.8, 4) is 5.75 Å². The number of sulfonamides is 1. The van der Waals surface area contributed by atoms with Crippen molar-refractivity contribution in [1.82, 2.24) is 5.32 Å². The van der Waals surface area contributed by atoms with Gasteiger partial charge in [0.25, 0.3) is 10.0 Å². The maximum atomic E-state index is 13.5. The Balaban J connectivity index is 1.93. The van der Waals surface area contributed by atoms with E-state index in [1.807, 2.05) is 25.1 Å². The summed E-state index contributed by atoms with van der Waals surface area (Å²) < 4.78 is 33.3. The molecule has 3 rings (SSSR count). The zero-order chi connectivity index (χ0) is 24.2. The fourth-order valence-electron chi connectivity index (χ4n) is 3.31. The lowest BCUT2D eigenvalue weighted by atomic mass is 10.1. The average Bonchev–Trinajstić information content (AvgIpc) is 2.79. The quantitative estimate of drug-likeness (QED) is 0.444. The van der Waals surface area contributed by atoms with E-state index in [0.717, 1.165) is 15.4 Å². The minimum Gasteiger partial charge on any atom is -0.496 e. The van der Waals surface area contributed by atoms with Crippen molar-refractivity contribution < 1.29 is 17.9 Å². The molecular formula is C24H24Cl2N2O4S. The van der Waals surface area contributed by atoms with Gasteiger partial charge in [-0.1, -0.05) is 59.1 Å². The fraction of sp³-hybridized carbons (Fsp3) is 0.208.